The molecule has 1 aromatic heterocycles. The van der Waals surface area contributed by atoms with E-state index in [4.69, 9.17) is 21.3 Å². The summed E-state index contributed by atoms with van der Waals surface area (Å²) in [7, 11) is 0. The number of carbonyl (C=O) groups excluding carboxylic acids is 1. The Bertz CT molecular complexity index is 936. The number of halogens is 1. The van der Waals surface area contributed by atoms with Crippen LogP contribution in [0.2, 0.25) is 5.02 Å². The van der Waals surface area contributed by atoms with Gasteiger partial charge in [0.15, 0.2) is 0 Å². The minimum absolute atomic E-state index is 0.0995. The molecule has 0 radical (unpaired) electrons. The molecule has 5 nitrogen and oxygen atoms in total. The summed E-state index contributed by atoms with van der Waals surface area (Å²) in [5.41, 5.74) is 5.04. The van der Waals surface area contributed by atoms with E-state index < -0.39 is 0 Å². The van der Waals surface area contributed by atoms with Crippen LogP contribution in [0.4, 0.5) is 4.79 Å². The van der Waals surface area contributed by atoms with Crippen molar-refractivity contribution in [2.75, 3.05) is 26.2 Å². The number of amides is 1. The van der Waals surface area contributed by atoms with Gasteiger partial charge in [-0.1, -0.05) is 30.2 Å². The van der Waals surface area contributed by atoms with E-state index in [2.05, 4.69) is 23.1 Å². The van der Waals surface area contributed by atoms with Crippen LogP contribution in [0.1, 0.15) is 60.5 Å². The van der Waals surface area contributed by atoms with Gasteiger partial charge in [0, 0.05) is 37.4 Å². The van der Waals surface area contributed by atoms with Crippen LogP contribution in [0.25, 0.3) is 0 Å². The third kappa shape index (κ3) is 4.44. The lowest BCUT2D eigenvalue weighted by Gasteiger charge is -2.39. The molecule has 6 heteroatoms. The van der Waals surface area contributed by atoms with E-state index in [0.29, 0.717) is 13.1 Å². The van der Waals surface area contributed by atoms with E-state index in [-0.39, 0.29) is 18.2 Å². The molecule has 0 spiro atoms. The first-order chi connectivity index (χ1) is 15.2. The number of aryl methyl sites for hydroxylation is 2. The van der Waals surface area contributed by atoms with Gasteiger partial charge in [-0.2, -0.15) is 0 Å². The molecule has 1 atom stereocenters. The highest BCUT2D eigenvalue weighted by molar-refractivity contribution is 6.30. The van der Waals surface area contributed by atoms with E-state index in [1.807, 2.05) is 23.2 Å². The molecule has 1 aromatic carbocycles. The van der Waals surface area contributed by atoms with Crippen molar-refractivity contribution in [3.63, 3.8) is 0 Å². The van der Waals surface area contributed by atoms with Gasteiger partial charge in [0.25, 0.3) is 0 Å². The lowest BCUT2D eigenvalue weighted by Crippen LogP contribution is -2.50. The quantitative estimate of drug-likeness (QED) is 0.659. The average Bonchev–Trinajstić information content (AvgIpc) is 2.96. The first kappa shape index (κ1) is 20.8. The van der Waals surface area contributed by atoms with E-state index in [9.17, 15) is 4.79 Å². The maximum atomic E-state index is 12.7. The van der Waals surface area contributed by atoms with Gasteiger partial charge in [-0.25, -0.2) is 4.79 Å². The number of hydrogen-bond acceptors (Lipinski definition) is 4. The summed E-state index contributed by atoms with van der Waals surface area (Å²) >= 11 is 6.32. The number of benzene rings is 1. The zero-order chi connectivity index (χ0) is 21.2. The highest BCUT2D eigenvalue weighted by Crippen LogP contribution is 2.37. The number of ether oxygens (including phenoxy) is 1. The Balaban J connectivity index is 1.33. The van der Waals surface area contributed by atoms with Crippen LogP contribution >= 0.6 is 11.6 Å². The fraction of sp³-hybridized carbons (Fsp3) is 0.520. The fourth-order valence-electron chi connectivity index (χ4n) is 5.32. The first-order valence-electron chi connectivity index (χ1n) is 11.6. The Hall–Kier alpha value is -2.11. The first-order valence-corrected chi connectivity index (χ1v) is 12.0. The second-order valence-corrected chi connectivity index (χ2v) is 9.40. The maximum absolute atomic E-state index is 12.7. The molecule has 1 saturated heterocycles. The van der Waals surface area contributed by atoms with Crippen LogP contribution in [-0.4, -0.2) is 53.2 Å². The molecule has 2 aliphatic carbocycles. The van der Waals surface area contributed by atoms with Crippen LogP contribution in [0, 0.1) is 0 Å². The molecule has 31 heavy (non-hydrogen) atoms. The zero-order valence-electron chi connectivity index (χ0n) is 17.9. The molecule has 3 aliphatic rings. The Kier molecular flexibility index (Phi) is 6.15. The summed E-state index contributed by atoms with van der Waals surface area (Å²) in [5, 5.41) is 0.784. The van der Waals surface area contributed by atoms with E-state index in [1.54, 1.807) is 0 Å². The summed E-state index contributed by atoms with van der Waals surface area (Å²) < 4.78 is 5.80. The van der Waals surface area contributed by atoms with E-state index in [1.165, 1.54) is 36.0 Å². The van der Waals surface area contributed by atoms with Crippen LogP contribution in [0.15, 0.2) is 36.5 Å². The Labute approximate surface area is 189 Å². The molecule has 0 bridgehead atoms. The van der Waals surface area contributed by atoms with Crippen molar-refractivity contribution in [1.82, 2.24) is 14.8 Å². The molecular formula is C25H30ClN3O2. The van der Waals surface area contributed by atoms with Gasteiger partial charge in [-0.3, -0.25) is 9.88 Å². The molecule has 2 fully saturated rings. The lowest BCUT2D eigenvalue weighted by atomic mass is 9.96. The smallest absolute Gasteiger partial charge is 0.410 e. The molecule has 2 heterocycles. The van der Waals surface area contributed by atoms with E-state index >= 15 is 0 Å². The van der Waals surface area contributed by atoms with Crippen molar-refractivity contribution in [2.45, 2.75) is 57.1 Å². The number of piperazine rings is 1. The number of pyridine rings is 1. The minimum atomic E-state index is -0.141. The second-order valence-electron chi connectivity index (χ2n) is 8.96. The summed E-state index contributed by atoms with van der Waals surface area (Å²) in [6.07, 6.45) is 9.42. The summed E-state index contributed by atoms with van der Waals surface area (Å²) in [6, 6.07) is 10.6. The maximum Gasteiger partial charge on any atom is 0.410 e. The number of hydrogen-bond donors (Lipinski definition) is 0. The lowest BCUT2D eigenvalue weighted by molar-refractivity contribution is 0.0292. The third-order valence-electron chi connectivity index (χ3n) is 7.01. The molecule has 0 N–H and O–H groups in total. The molecule has 1 aliphatic heterocycles. The average molecular weight is 440 g/mol. The van der Waals surface area contributed by atoms with Gasteiger partial charge < -0.3 is 9.64 Å². The van der Waals surface area contributed by atoms with Crippen LogP contribution in [0.3, 0.4) is 0 Å². The highest BCUT2D eigenvalue weighted by Gasteiger charge is 2.33. The SMILES string of the molecule is O=C(OC1CCCCC1)N1CCN(C2c3ccc(Cl)cc3CCc3cccnc32)CC1. The summed E-state index contributed by atoms with van der Waals surface area (Å²) in [6.45, 7) is 2.99. The van der Waals surface area contributed by atoms with Crippen molar-refractivity contribution in [3.05, 3.63) is 63.9 Å². The summed E-state index contributed by atoms with van der Waals surface area (Å²) in [5.74, 6) is 0. The third-order valence-corrected chi connectivity index (χ3v) is 7.24. The number of nitrogens with zero attached hydrogens (tertiary/aromatic N) is 3. The van der Waals surface area contributed by atoms with Crippen LogP contribution in [0.5, 0.6) is 0 Å². The predicted molar refractivity (Wildman–Crippen MR) is 121 cm³/mol. The predicted octanol–water partition coefficient (Wildman–Crippen LogP) is 5.01. The molecule has 164 valence electrons. The van der Waals surface area contributed by atoms with Gasteiger partial charge in [-0.05, 0) is 73.4 Å². The van der Waals surface area contributed by atoms with Crippen molar-refractivity contribution in [1.29, 1.82) is 0 Å². The minimum Gasteiger partial charge on any atom is -0.446 e. The Morgan fingerprint density at radius 2 is 1.77 bits per heavy atom. The van der Waals surface area contributed by atoms with Gasteiger partial charge in [0.05, 0.1) is 11.7 Å². The number of aromatic nitrogens is 1. The monoisotopic (exact) mass is 439 g/mol. The van der Waals surface area contributed by atoms with Gasteiger partial charge in [-0.15, -0.1) is 0 Å². The topological polar surface area (TPSA) is 45.7 Å². The highest BCUT2D eigenvalue weighted by atomic mass is 35.5. The number of rotatable bonds is 2. The number of fused-ring (bicyclic) bond motifs is 2. The van der Waals surface area contributed by atoms with Crippen molar-refractivity contribution < 1.29 is 9.53 Å². The van der Waals surface area contributed by atoms with Crippen LogP contribution < -0.4 is 0 Å². The van der Waals surface area contributed by atoms with Crippen LogP contribution in [-0.2, 0) is 17.6 Å². The van der Waals surface area contributed by atoms with Gasteiger partial charge >= 0.3 is 6.09 Å². The van der Waals surface area contributed by atoms with Crippen molar-refractivity contribution >= 4 is 17.7 Å². The Morgan fingerprint density at radius 1 is 1.00 bits per heavy atom. The molecule has 5 rings (SSSR count). The van der Waals surface area contributed by atoms with Crippen molar-refractivity contribution in [2.24, 2.45) is 0 Å². The molecular weight excluding hydrogens is 410 g/mol. The Morgan fingerprint density at radius 3 is 2.58 bits per heavy atom. The summed E-state index contributed by atoms with van der Waals surface area (Å²) in [4.78, 5) is 21.9. The normalized spacial score (nSPS) is 22.4. The zero-order valence-corrected chi connectivity index (χ0v) is 18.7. The number of carbonyl (C=O) groups is 1. The second kappa shape index (κ2) is 9.17. The van der Waals surface area contributed by atoms with Crippen molar-refractivity contribution in [3.8, 4) is 0 Å². The molecule has 1 unspecified atom stereocenters. The van der Waals surface area contributed by atoms with Gasteiger partial charge in [0.1, 0.15) is 6.10 Å². The molecule has 1 amide bonds. The molecule has 1 saturated carbocycles. The largest absolute Gasteiger partial charge is 0.446 e. The van der Waals surface area contributed by atoms with Gasteiger partial charge in [0.2, 0.25) is 0 Å². The fourth-order valence-corrected chi connectivity index (χ4v) is 5.51. The standard InChI is InChI=1S/C25H30ClN3O2/c26-20-10-11-22-19(17-20)9-8-18-5-4-12-27-23(18)24(22)28-13-15-29(16-14-28)25(30)31-21-6-2-1-3-7-21/h4-5,10-12,17,21,24H,1-3,6-9,13-16H2. The van der Waals surface area contributed by atoms with E-state index in [0.717, 1.165) is 49.5 Å². The molecule has 2 aromatic rings.